The number of aliphatic hydroxyl groups is 1. The Morgan fingerprint density at radius 3 is 2.62 bits per heavy atom. The molecule has 0 aromatic heterocycles. The van der Waals surface area contributed by atoms with Gasteiger partial charge in [0.1, 0.15) is 0 Å². The van der Waals surface area contributed by atoms with E-state index in [1.54, 1.807) is 6.92 Å². The first-order valence-electron chi connectivity index (χ1n) is 4.47. The van der Waals surface area contributed by atoms with Gasteiger partial charge in [-0.1, -0.05) is 6.92 Å². The van der Waals surface area contributed by atoms with E-state index in [0.717, 1.165) is 0 Å². The number of esters is 1. The molecule has 0 aliphatic heterocycles. The van der Waals surface area contributed by atoms with E-state index in [-0.39, 0.29) is 6.61 Å². The summed E-state index contributed by atoms with van der Waals surface area (Å²) in [5, 5.41) is 17.4. The van der Waals surface area contributed by atoms with Crippen LogP contribution < -0.4 is 0 Å². The lowest BCUT2D eigenvalue weighted by Crippen LogP contribution is -2.19. The van der Waals surface area contributed by atoms with Gasteiger partial charge in [-0.3, -0.25) is 9.59 Å². The molecule has 0 radical (unpaired) electrons. The minimum absolute atomic E-state index is 0.210. The fourth-order valence-electron chi connectivity index (χ4n) is 0.671. The topological polar surface area (TPSA) is 83.8 Å². The molecule has 2 N–H and O–H groups in total. The molecule has 0 aliphatic carbocycles. The zero-order valence-electron chi connectivity index (χ0n) is 8.45. The van der Waals surface area contributed by atoms with Crippen molar-refractivity contribution in [2.24, 2.45) is 0 Å². The van der Waals surface area contributed by atoms with Crippen molar-refractivity contribution in [2.75, 3.05) is 6.61 Å². The molecular formula is C8H14O5. The monoisotopic (exact) mass is 191 g/mol. The molecule has 76 valence electrons. The number of hydrogen-bond donors (Lipinski definition) is 2. The molecule has 1 atom stereocenters. The highest BCUT2D eigenvalue weighted by Crippen LogP contribution is 2.00. The molecule has 5 nitrogen and oxygen atoms in total. The smallest absolute Gasteiger partial charge is 0.308 e. The maximum absolute atomic E-state index is 10.9. The number of rotatable bonds is 6. The van der Waals surface area contributed by atoms with Crippen LogP contribution >= 0.6 is 0 Å². The van der Waals surface area contributed by atoms with E-state index in [4.69, 9.17) is 11.6 Å². The van der Waals surface area contributed by atoms with Gasteiger partial charge in [0.2, 0.25) is 0 Å². The van der Waals surface area contributed by atoms with Crippen molar-refractivity contribution >= 4 is 11.9 Å². The maximum Gasteiger partial charge on any atom is 0.308 e. The van der Waals surface area contributed by atoms with E-state index in [1.165, 1.54) is 0 Å². The van der Waals surface area contributed by atoms with E-state index >= 15 is 0 Å². The minimum atomic E-state index is -2.28. The van der Waals surface area contributed by atoms with Crippen molar-refractivity contribution in [3.8, 4) is 0 Å². The predicted molar refractivity (Wildman–Crippen MR) is 44.1 cm³/mol. The first-order valence-corrected chi connectivity index (χ1v) is 3.97. The third-order valence-electron chi connectivity index (χ3n) is 1.17. The molecule has 0 aromatic rings. The normalized spacial score (nSPS) is 15.7. The van der Waals surface area contributed by atoms with Crippen LogP contribution in [0.3, 0.4) is 0 Å². The van der Waals surface area contributed by atoms with Gasteiger partial charge in [-0.2, -0.15) is 0 Å². The average molecular weight is 191 g/mol. The quantitative estimate of drug-likeness (QED) is 0.584. The number of ether oxygens (including phenoxy) is 1. The summed E-state index contributed by atoms with van der Waals surface area (Å²) in [6, 6.07) is 0. The molecule has 0 heterocycles. The summed E-state index contributed by atoms with van der Waals surface area (Å²) in [5.74, 6) is -2.09. The van der Waals surface area contributed by atoms with E-state index in [9.17, 15) is 9.59 Å². The summed E-state index contributed by atoms with van der Waals surface area (Å²) in [7, 11) is 0. The standard InChI is InChI=1S/C8H14O5/c1-2-3-13-8(12)5-6(9)4-7(10)11/h6,9H,2-5H2,1H3,(H,10,11)/t6-/m0/s1/i6D. The Kier molecular flexibility index (Phi) is 4.93. The summed E-state index contributed by atoms with van der Waals surface area (Å²) in [6.07, 6.45) is -3.06. The largest absolute Gasteiger partial charge is 0.481 e. The van der Waals surface area contributed by atoms with Crippen LogP contribution in [0, 0.1) is 0 Å². The number of carboxylic acids is 1. The van der Waals surface area contributed by atoms with Gasteiger partial charge in [0.25, 0.3) is 0 Å². The second-order valence-electron chi connectivity index (χ2n) is 2.53. The molecule has 5 heteroatoms. The van der Waals surface area contributed by atoms with E-state index < -0.39 is 30.9 Å². The van der Waals surface area contributed by atoms with Gasteiger partial charge >= 0.3 is 11.9 Å². The number of carbonyl (C=O) groups is 2. The van der Waals surface area contributed by atoms with Crippen molar-refractivity contribution in [1.29, 1.82) is 0 Å². The van der Waals surface area contributed by atoms with Gasteiger partial charge in [0, 0.05) is 0 Å². The fourth-order valence-corrected chi connectivity index (χ4v) is 0.671. The average Bonchev–Trinajstić information content (AvgIpc) is 1.96. The van der Waals surface area contributed by atoms with Crippen LogP contribution in [0.15, 0.2) is 0 Å². The second kappa shape index (κ2) is 6.42. The highest BCUT2D eigenvalue weighted by molar-refractivity contribution is 5.72. The highest BCUT2D eigenvalue weighted by atomic mass is 16.5. The maximum atomic E-state index is 10.9. The van der Waals surface area contributed by atoms with Crippen molar-refractivity contribution in [1.82, 2.24) is 0 Å². The van der Waals surface area contributed by atoms with Gasteiger partial charge in [0.15, 0.2) is 0 Å². The number of carbonyl (C=O) groups excluding carboxylic acids is 1. The summed E-state index contributed by atoms with van der Waals surface area (Å²) in [6.45, 7) is 2.01. The molecule has 0 aliphatic rings. The zero-order chi connectivity index (χ0) is 11.2. The Morgan fingerprint density at radius 2 is 2.15 bits per heavy atom. The molecule has 0 spiro atoms. The van der Waals surface area contributed by atoms with Gasteiger partial charge < -0.3 is 14.9 Å². The molecule has 0 rings (SSSR count). The predicted octanol–water partition coefficient (Wildman–Crippen LogP) is 0.165. The minimum Gasteiger partial charge on any atom is -0.481 e. The molecule has 0 amide bonds. The molecule has 0 fully saturated rings. The van der Waals surface area contributed by atoms with Gasteiger partial charge in [-0.15, -0.1) is 0 Å². The highest BCUT2D eigenvalue weighted by Gasteiger charge is 2.14. The van der Waals surface area contributed by atoms with Crippen LogP contribution in [0.1, 0.15) is 27.6 Å². The SMILES string of the molecule is [2H][C@](O)(CC(=O)O)CC(=O)OCCC. The molecule has 0 aromatic carbocycles. The van der Waals surface area contributed by atoms with Crippen LogP contribution in [0.25, 0.3) is 0 Å². The van der Waals surface area contributed by atoms with Crippen LogP contribution in [-0.4, -0.2) is 34.8 Å². The van der Waals surface area contributed by atoms with Gasteiger partial charge in [-0.05, 0) is 6.42 Å². The van der Waals surface area contributed by atoms with Crippen LogP contribution in [0.2, 0.25) is 0 Å². The lowest BCUT2D eigenvalue weighted by atomic mass is 10.2. The Labute approximate surface area is 77.7 Å². The Balaban J connectivity index is 3.95. The van der Waals surface area contributed by atoms with E-state index in [0.29, 0.717) is 6.42 Å². The van der Waals surface area contributed by atoms with Crippen molar-refractivity contribution in [3.63, 3.8) is 0 Å². The number of carboxylic acid groups (broad SMARTS) is 1. The van der Waals surface area contributed by atoms with Gasteiger partial charge in [0.05, 0.1) is 26.9 Å². The van der Waals surface area contributed by atoms with Crippen LogP contribution in [0.4, 0.5) is 0 Å². The van der Waals surface area contributed by atoms with Crippen LogP contribution in [-0.2, 0) is 14.3 Å². The third-order valence-corrected chi connectivity index (χ3v) is 1.17. The molecular weight excluding hydrogens is 176 g/mol. The Bertz CT molecular complexity index is 214. The van der Waals surface area contributed by atoms with Crippen molar-refractivity contribution in [2.45, 2.75) is 32.3 Å². The summed E-state index contributed by atoms with van der Waals surface area (Å²) >= 11 is 0. The first-order chi connectivity index (χ1) is 6.37. The summed E-state index contributed by atoms with van der Waals surface area (Å²) < 4.78 is 11.7. The van der Waals surface area contributed by atoms with Gasteiger partial charge in [-0.25, -0.2) is 0 Å². The summed E-state index contributed by atoms with van der Waals surface area (Å²) in [4.78, 5) is 21.1. The molecule has 0 saturated heterocycles. The molecule has 0 bridgehead atoms. The Morgan fingerprint density at radius 1 is 1.54 bits per heavy atom. The molecule has 13 heavy (non-hydrogen) atoms. The van der Waals surface area contributed by atoms with Crippen molar-refractivity contribution in [3.05, 3.63) is 0 Å². The lowest BCUT2D eigenvalue weighted by Gasteiger charge is -2.06. The van der Waals surface area contributed by atoms with E-state index in [1.807, 2.05) is 0 Å². The number of aliphatic carboxylic acids is 1. The van der Waals surface area contributed by atoms with Crippen LogP contribution in [0.5, 0.6) is 0 Å². The lowest BCUT2D eigenvalue weighted by molar-refractivity contribution is -0.147. The van der Waals surface area contributed by atoms with Crippen molar-refractivity contribution < 1.29 is 25.9 Å². The molecule has 0 unspecified atom stereocenters. The second-order valence-corrected chi connectivity index (χ2v) is 2.53. The van der Waals surface area contributed by atoms with E-state index in [2.05, 4.69) is 4.74 Å². The first kappa shape index (κ1) is 9.98. The number of hydrogen-bond acceptors (Lipinski definition) is 4. The summed E-state index contributed by atoms with van der Waals surface area (Å²) in [5.41, 5.74) is 0. The molecule has 0 saturated carbocycles. The zero-order valence-corrected chi connectivity index (χ0v) is 7.45. The third kappa shape index (κ3) is 7.27. The fraction of sp³-hybridized carbons (Fsp3) is 0.750. The Hall–Kier alpha value is -1.10.